The molecule has 1 aromatic heterocycles. The lowest BCUT2D eigenvalue weighted by molar-refractivity contribution is 0.0742. The number of fused-ring (bicyclic) bond motifs is 2. The molecule has 4 rings (SSSR count). The van der Waals surface area contributed by atoms with Gasteiger partial charge in [0, 0.05) is 34.3 Å². The SMILES string of the molecule is Cc1[nH]c2ccccc2c1[C@@H]1c2ccccc2C(=O)N1CCC(C)C. The number of amides is 1. The summed E-state index contributed by atoms with van der Waals surface area (Å²) < 4.78 is 0. The fourth-order valence-corrected chi connectivity index (χ4v) is 3.96. The van der Waals surface area contributed by atoms with Crippen LogP contribution in [0.4, 0.5) is 0 Å². The first-order valence-electron chi connectivity index (χ1n) is 9.05. The van der Waals surface area contributed by atoms with Crippen LogP contribution in [-0.4, -0.2) is 22.3 Å². The molecule has 1 N–H and O–H groups in total. The van der Waals surface area contributed by atoms with E-state index in [1.165, 1.54) is 10.9 Å². The maximum Gasteiger partial charge on any atom is 0.255 e. The number of rotatable bonds is 4. The van der Waals surface area contributed by atoms with E-state index in [0.29, 0.717) is 5.92 Å². The van der Waals surface area contributed by atoms with E-state index in [-0.39, 0.29) is 11.9 Å². The molecule has 128 valence electrons. The van der Waals surface area contributed by atoms with E-state index in [4.69, 9.17) is 0 Å². The Hall–Kier alpha value is -2.55. The molecule has 1 aliphatic heterocycles. The predicted octanol–water partition coefficient (Wildman–Crippen LogP) is 5.07. The van der Waals surface area contributed by atoms with Gasteiger partial charge >= 0.3 is 0 Å². The highest BCUT2D eigenvalue weighted by Crippen LogP contribution is 2.42. The first-order chi connectivity index (χ1) is 12.1. The lowest BCUT2D eigenvalue weighted by Crippen LogP contribution is -2.30. The molecule has 0 saturated carbocycles. The Labute approximate surface area is 148 Å². The van der Waals surface area contributed by atoms with Crippen molar-refractivity contribution >= 4 is 16.8 Å². The molecule has 0 saturated heterocycles. The van der Waals surface area contributed by atoms with Crippen LogP contribution in [0.5, 0.6) is 0 Å². The van der Waals surface area contributed by atoms with Crippen LogP contribution in [0.15, 0.2) is 48.5 Å². The summed E-state index contributed by atoms with van der Waals surface area (Å²) in [7, 11) is 0. The van der Waals surface area contributed by atoms with E-state index in [9.17, 15) is 4.79 Å². The van der Waals surface area contributed by atoms with Crippen molar-refractivity contribution in [2.45, 2.75) is 33.2 Å². The van der Waals surface area contributed by atoms with Gasteiger partial charge in [-0.05, 0) is 37.0 Å². The maximum absolute atomic E-state index is 13.1. The van der Waals surface area contributed by atoms with Crippen molar-refractivity contribution in [1.29, 1.82) is 0 Å². The van der Waals surface area contributed by atoms with Gasteiger partial charge in [0.05, 0.1) is 6.04 Å². The summed E-state index contributed by atoms with van der Waals surface area (Å²) >= 11 is 0. The highest BCUT2D eigenvalue weighted by molar-refractivity contribution is 6.01. The Morgan fingerprint density at radius 1 is 1.08 bits per heavy atom. The number of aromatic nitrogens is 1. The molecule has 0 bridgehead atoms. The molecule has 0 radical (unpaired) electrons. The summed E-state index contributed by atoms with van der Waals surface area (Å²) in [4.78, 5) is 18.6. The first-order valence-corrected chi connectivity index (χ1v) is 9.05. The van der Waals surface area contributed by atoms with Crippen molar-refractivity contribution < 1.29 is 4.79 Å². The number of aryl methyl sites for hydroxylation is 1. The van der Waals surface area contributed by atoms with Crippen molar-refractivity contribution in [3.63, 3.8) is 0 Å². The second kappa shape index (κ2) is 6.07. The predicted molar refractivity (Wildman–Crippen MR) is 102 cm³/mol. The second-order valence-electron chi connectivity index (χ2n) is 7.38. The molecule has 2 heterocycles. The Morgan fingerprint density at radius 2 is 1.80 bits per heavy atom. The van der Waals surface area contributed by atoms with E-state index in [2.05, 4.69) is 54.9 Å². The molecule has 3 heteroatoms. The molecule has 1 amide bonds. The number of benzene rings is 2. The van der Waals surface area contributed by atoms with Crippen LogP contribution in [0.25, 0.3) is 10.9 Å². The third-order valence-corrected chi connectivity index (χ3v) is 5.22. The molecular formula is C22H24N2O. The summed E-state index contributed by atoms with van der Waals surface area (Å²) in [6.07, 6.45) is 1.01. The van der Waals surface area contributed by atoms with Crippen molar-refractivity contribution in [3.8, 4) is 0 Å². The van der Waals surface area contributed by atoms with Gasteiger partial charge in [-0.15, -0.1) is 0 Å². The third-order valence-electron chi connectivity index (χ3n) is 5.22. The number of nitrogens with one attached hydrogen (secondary N) is 1. The largest absolute Gasteiger partial charge is 0.358 e. The summed E-state index contributed by atoms with van der Waals surface area (Å²) in [5.74, 6) is 0.729. The smallest absolute Gasteiger partial charge is 0.255 e. The highest BCUT2D eigenvalue weighted by atomic mass is 16.2. The molecule has 0 unspecified atom stereocenters. The fraction of sp³-hybridized carbons (Fsp3) is 0.318. The van der Waals surface area contributed by atoms with Gasteiger partial charge in [0.25, 0.3) is 5.91 Å². The lowest BCUT2D eigenvalue weighted by atomic mass is 9.95. The molecule has 0 aliphatic carbocycles. The Kier molecular flexibility index (Phi) is 3.87. The van der Waals surface area contributed by atoms with Crippen LogP contribution in [-0.2, 0) is 0 Å². The number of para-hydroxylation sites is 1. The van der Waals surface area contributed by atoms with Gasteiger partial charge in [-0.25, -0.2) is 0 Å². The molecule has 2 aromatic carbocycles. The lowest BCUT2D eigenvalue weighted by Gasteiger charge is -2.27. The molecule has 25 heavy (non-hydrogen) atoms. The summed E-state index contributed by atoms with van der Waals surface area (Å²) in [5, 5.41) is 1.21. The van der Waals surface area contributed by atoms with E-state index in [1.807, 2.05) is 24.3 Å². The molecule has 3 nitrogen and oxygen atoms in total. The number of carbonyl (C=O) groups is 1. The zero-order valence-electron chi connectivity index (χ0n) is 15.0. The van der Waals surface area contributed by atoms with Crippen LogP contribution in [0.1, 0.15) is 53.5 Å². The van der Waals surface area contributed by atoms with Gasteiger partial charge in [0.2, 0.25) is 0 Å². The van der Waals surface area contributed by atoms with Gasteiger partial charge in [-0.1, -0.05) is 50.2 Å². The minimum Gasteiger partial charge on any atom is -0.358 e. The van der Waals surface area contributed by atoms with Crippen LogP contribution < -0.4 is 0 Å². The number of H-pyrrole nitrogens is 1. The Balaban J connectivity index is 1.89. The Bertz CT molecular complexity index is 938. The normalized spacial score (nSPS) is 16.9. The molecule has 3 aromatic rings. The van der Waals surface area contributed by atoms with Crippen LogP contribution in [0.3, 0.4) is 0 Å². The molecule has 0 fully saturated rings. The minimum atomic E-state index is -0.00130. The first kappa shape index (κ1) is 15.9. The summed E-state index contributed by atoms with van der Waals surface area (Å²) in [5.41, 5.74) is 5.49. The molecule has 1 aliphatic rings. The summed E-state index contributed by atoms with van der Waals surface area (Å²) in [6, 6.07) is 16.4. The van der Waals surface area contributed by atoms with Gasteiger partial charge in [-0.3, -0.25) is 4.79 Å². The van der Waals surface area contributed by atoms with Gasteiger partial charge < -0.3 is 9.88 Å². The number of hydrogen-bond donors (Lipinski definition) is 1. The van der Waals surface area contributed by atoms with Crippen molar-refractivity contribution in [3.05, 3.63) is 70.9 Å². The topological polar surface area (TPSA) is 36.1 Å². The zero-order valence-corrected chi connectivity index (χ0v) is 15.0. The third kappa shape index (κ3) is 2.55. The van der Waals surface area contributed by atoms with Crippen molar-refractivity contribution in [2.24, 2.45) is 5.92 Å². The molecular weight excluding hydrogens is 308 g/mol. The Morgan fingerprint density at radius 3 is 2.60 bits per heavy atom. The molecule has 0 spiro atoms. The minimum absolute atomic E-state index is 0.00130. The maximum atomic E-state index is 13.1. The average molecular weight is 332 g/mol. The number of carbonyl (C=O) groups excluding carboxylic acids is 1. The number of aromatic amines is 1. The fourth-order valence-electron chi connectivity index (χ4n) is 3.96. The quantitative estimate of drug-likeness (QED) is 0.711. The van der Waals surface area contributed by atoms with Gasteiger partial charge in [0.15, 0.2) is 0 Å². The van der Waals surface area contributed by atoms with E-state index in [0.717, 1.165) is 35.3 Å². The van der Waals surface area contributed by atoms with E-state index in [1.54, 1.807) is 0 Å². The van der Waals surface area contributed by atoms with Crippen LogP contribution >= 0.6 is 0 Å². The molecule has 1 atom stereocenters. The second-order valence-corrected chi connectivity index (χ2v) is 7.38. The monoisotopic (exact) mass is 332 g/mol. The average Bonchev–Trinajstić information content (AvgIpc) is 3.07. The number of nitrogens with zero attached hydrogens (tertiary/aromatic N) is 1. The van der Waals surface area contributed by atoms with E-state index >= 15 is 0 Å². The standard InChI is InChI=1S/C22H24N2O/c1-14(2)12-13-24-21(16-8-4-5-9-17(16)22(24)25)20-15(3)23-19-11-7-6-10-18(19)20/h4-11,14,21,23H,12-13H2,1-3H3/t21-/m0/s1. The summed E-state index contributed by atoms with van der Waals surface area (Å²) in [6.45, 7) is 7.31. The van der Waals surface area contributed by atoms with Crippen LogP contribution in [0.2, 0.25) is 0 Å². The number of hydrogen-bond acceptors (Lipinski definition) is 1. The van der Waals surface area contributed by atoms with Gasteiger partial charge in [-0.2, -0.15) is 0 Å². The van der Waals surface area contributed by atoms with Gasteiger partial charge in [0.1, 0.15) is 0 Å². The zero-order chi connectivity index (χ0) is 17.6. The van der Waals surface area contributed by atoms with Crippen molar-refractivity contribution in [2.75, 3.05) is 6.54 Å². The van der Waals surface area contributed by atoms with Crippen LogP contribution in [0, 0.1) is 12.8 Å². The van der Waals surface area contributed by atoms with E-state index < -0.39 is 0 Å². The van der Waals surface area contributed by atoms with Crippen molar-refractivity contribution in [1.82, 2.24) is 9.88 Å². The highest BCUT2D eigenvalue weighted by Gasteiger charge is 2.39.